The van der Waals surface area contributed by atoms with Gasteiger partial charge >= 0.3 is 0 Å². The molecule has 0 saturated heterocycles. The average molecular weight is 329 g/mol. The molecule has 1 aromatic carbocycles. The van der Waals surface area contributed by atoms with Gasteiger partial charge in [-0.2, -0.15) is 0 Å². The molecule has 0 aliphatic carbocycles. The van der Waals surface area contributed by atoms with Crippen LogP contribution in [-0.2, 0) is 11.3 Å². The smallest absolute Gasteiger partial charge is 0.225 e. The Kier molecular flexibility index (Phi) is 6.87. The molecule has 106 valence electrons. The maximum atomic E-state index is 11.5. The third kappa shape index (κ3) is 5.61. The van der Waals surface area contributed by atoms with Crippen molar-refractivity contribution in [3.8, 4) is 5.75 Å². The molecule has 0 unspecified atom stereocenters. The molecule has 0 spiro atoms. The first-order chi connectivity index (χ1) is 9.04. The molecule has 1 rings (SSSR count). The molecule has 4 nitrogen and oxygen atoms in total. The number of hydrogen-bond donors (Lipinski definition) is 1. The van der Waals surface area contributed by atoms with Crippen LogP contribution in [0.2, 0.25) is 0 Å². The van der Waals surface area contributed by atoms with E-state index < -0.39 is 0 Å². The number of carbonyl (C=O) groups is 1. The van der Waals surface area contributed by atoms with E-state index in [4.69, 9.17) is 4.74 Å². The summed E-state index contributed by atoms with van der Waals surface area (Å²) in [6.07, 6.45) is 0.393. The van der Waals surface area contributed by atoms with E-state index in [9.17, 15) is 4.79 Å². The lowest BCUT2D eigenvalue weighted by atomic mass is 10.2. The molecule has 19 heavy (non-hydrogen) atoms. The van der Waals surface area contributed by atoms with Gasteiger partial charge in [-0.1, -0.05) is 22.9 Å². The second-order valence-corrected chi connectivity index (χ2v) is 5.33. The topological polar surface area (TPSA) is 41.6 Å². The highest BCUT2D eigenvalue weighted by Crippen LogP contribution is 2.23. The number of amides is 1. The van der Waals surface area contributed by atoms with E-state index in [1.165, 1.54) is 0 Å². The lowest BCUT2D eigenvalue weighted by Crippen LogP contribution is -2.23. The second-order valence-electron chi connectivity index (χ2n) is 4.42. The van der Waals surface area contributed by atoms with E-state index in [2.05, 4.69) is 28.2 Å². The van der Waals surface area contributed by atoms with E-state index in [0.717, 1.165) is 28.9 Å². The van der Waals surface area contributed by atoms with Gasteiger partial charge in [-0.3, -0.25) is 4.79 Å². The Morgan fingerprint density at radius 2 is 2.16 bits per heavy atom. The fraction of sp³-hybridized carbons (Fsp3) is 0.500. The molecule has 0 radical (unpaired) electrons. The van der Waals surface area contributed by atoms with Crippen molar-refractivity contribution in [3.05, 3.63) is 28.2 Å². The van der Waals surface area contributed by atoms with Crippen molar-refractivity contribution in [2.45, 2.75) is 19.9 Å². The number of rotatable bonds is 7. The van der Waals surface area contributed by atoms with Gasteiger partial charge in [0.05, 0.1) is 13.0 Å². The molecule has 1 aromatic rings. The molecule has 0 heterocycles. The van der Waals surface area contributed by atoms with E-state index in [-0.39, 0.29) is 5.91 Å². The number of benzene rings is 1. The summed E-state index contributed by atoms with van der Waals surface area (Å²) in [5.41, 5.74) is 1.09. The van der Waals surface area contributed by atoms with E-state index in [1.807, 2.05) is 18.2 Å². The summed E-state index contributed by atoms with van der Waals surface area (Å²) in [4.78, 5) is 13.0. The number of ether oxygens (including phenoxy) is 1. The number of halogens is 1. The molecule has 0 aliphatic heterocycles. The third-order valence-electron chi connectivity index (χ3n) is 2.66. The molecule has 0 aliphatic rings. The van der Waals surface area contributed by atoms with Gasteiger partial charge in [0.15, 0.2) is 0 Å². The van der Waals surface area contributed by atoms with Crippen LogP contribution in [0.5, 0.6) is 5.75 Å². The van der Waals surface area contributed by atoms with Crippen molar-refractivity contribution in [3.63, 3.8) is 0 Å². The van der Waals surface area contributed by atoms with Crippen molar-refractivity contribution >= 4 is 21.8 Å². The molecule has 1 N–H and O–H groups in total. The second kappa shape index (κ2) is 8.17. The van der Waals surface area contributed by atoms with Gasteiger partial charge < -0.3 is 15.0 Å². The summed E-state index contributed by atoms with van der Waals surface area (Å²) in [7, 11) is 3.50. The van der Waals surface area contributed by atoms with Crippen LogP contribution in [-0.4, -0.2) is 38.1 Å². The lowest BCUT2D eigenvalue weighted by molar-refractivity contribution is -0.129. The molecule has 0 aromatic heterocycles. The normalized spacial score (nSPS) is 10.3. The van der Waals surface area contributed by atoms with Gasteiger partial charge in [-0.05, 0) is 24.7 Å². The summed E-state index contributed by atoms with van der Waals surface area (Å²) in [6.45, 7) is 4.13. The molecule has 0 saturated carbocycles. The van der Waals surface area contributed by atoms with Crippen LogP contribution in [0.4, 0.5) is 0 Å². The monoisotopic (exact) mass is 328 g/mol. The van der Waals surface area contributed by atoms with Crippen LogP contribution in [0.25, 0.3) is 0 Å². The van der Waals surface area contributed by atoms with Crippen molar-refractivity contribution < 1.29 is 9.53 Å². The fourth-order valence-corrected chi connectivity index (χ4v) is 1.97. The largest absolute Gasteiger partial charge is 0.493 e. The molecular weight excluding hydrogens is 308 g/mol. The Morgan fingerprint density at radius 3 is 2.79 bits per heavy atom. The van der Waals surface area contributed by atoms with E-state index in [1.54, 1.807) is 19.0 Å². The molecule has 0 bridgehead atoms. The zero-order valence-electron chi connectivity index (χ0n) is 11.7. The Hall–Kier alpha value is -1.07. The van der Waals surface area contributed by atoms with Crippen molar-refractivity contribution in [2.75, 3.05) is 27.2 Å². The van der Waals surface area contributed by atoms with Crippen LogP contribution in [0.15, 0.2) is 22.7 Å². The summed E-state index contributed by atoms with van der Waals surface area (Å²) < 4.78 is 6.73. The highest BCUT2D eigenvalue weighted by molar-refractivity contribution is 9.10. The zero-order chi connectivity index (χ0) is 14.3. The Morgan fingerprint density at radius 1 is 1.42 bits per heavy atom. The SMILES string of the molecule is CCNCc1cc(Br)ccc1OCCC(=O)N(C)C. The van der Waals surface area contributed by atoms with Gasteiger partial charge in [0, 0.05) is 30.7 Å². The first-order valence-corrected chi connectivity index (χ1v) is 7.16. The van der Waals surface area contributed by atoms with Crippen molar-refractivity contribution in [1.82, 2.24) is 10.2 Å². The Bertz CT molecular complexity index is 422. The first-order valence-electron chi connectivity index (χ1n) is 6.36. The summed E-state index contributed by atoms with van der Waals surface area (Å²) in [5, 5.41) is 3.27. The standard InChI is InChI=1S/C14H21BrN2O2/c1-4-16-10-11-9-12(15)5-6-13(11)19-8-7-14(18)17(2)3/h5-6,9,16H,4,7-8,10H2,1-3H3. The highest BCUT2D eigenvalue weighted by Gasteiger charge is 2.07. The van der Waals surface area contributed by atoms with Crippen LogP contribution < -0.4 is 10.1 Å². The maximum Gasteiger partial charge on any atom is 0.225 e. The Labute approximate surface area is 123 Å². The van der Waals surface area contributed by atoms with Gasteiger partial charge in [0.2, 0.25) is 5.91 Å². The Balaban J connectivity index is 2.59. The third-order valence-corrected chi connectivity index (χ3v) is 3.15. The zero-order valence-corrected chi connectivity index (χ0v) is 13.3. The first kappa shape index (κ1) is 16.0. The minimum atomic E-state index is 0.0744. The lowest BCUT2D eigenvalue weighted by Gasteiger charge is -2.14. The summed E-state index contributed by atoms with van der Waals surface area (Å²) in [5.74, 6) is 0.904. The predicted molar refractivity (Wildman–Crippen MR) is 80.3 cm³/mol. The van der Waals surface area contributed by atoms with Gasteiger partial charge in [-0.25, -0.2) is 0 Å². The molecule has 1 amide bonds. The predicted octanol–water partition coefficient (Wildman–Crippen LogP) is 2.42. The van der Waals surface area contributed by atoms with Gasteiger partial charge in [0.1, 0.15) is 5.75 Å². The maximum absolute atomic E-state index is 11.5. The number of hydrogen-bond acceptors (Lipinski definition) is 3. The summed E-state index contributed by atoms with van der Waals surface area (Å²) in [6, 6.07) is 5.90. The quantitative estimate of drug-likeness (QED) is 0.835. The molecular formula is C14H21BrN2O2. The van der Waals surface area contributed by atoms with Gasteiger partial charge in [-0.15, -0.1) is 0 Å². The van der Waals surface area contributed by atoms with Crippen molar-refractivity contribution in [1.29, 1.82) is 0 Å². The minimum absolute atomic E-state index is 0.0744. The van der Waals surface area contributed by atoms with Crippen LogP contribution in [0, 0.1) is 0 Å². The van der Waals surface area contributed by atoms with Crippen LogP contribution in [0.3, 0.4) is 0 Å². The average Bonchev–Trinajstić information content (AvgIpc) is 2.38. The molecule has 5 heteroatoms. The van der Waals surface area contributed by atoms with Crippen LogP contribution in [0.1, 0.15) is 18.9 Å². The number of nitrogens with zero attached hydrogens (tertiary/aromatic N) is 1. The summed E-state index contributed by atoms with van der Waals surface area (Å²) >= 11 is 3.45. The number of nitrogens with one attached hydrogen (secondary N) is 1. The minimum Gasteiger partial charge on any atom is -0.493 e. The fourth-order valence-electron chi connectivity index (χ4n) is 1.56. The van der Waals surface area contributed by atoms with Gasteiger partial charge in [0.25, 0.3) is 0 Å². The van der Waals surface area contributed by atoms with Crippen LogP contribution >= 0.6 is 15.9 Å². The number of carbonyl (C=O) groups excluding carboxylic acids is 1. The van der Waals surface area contributed by atoms with E-state index >= 15 is 0 Å². The van der Waals surface area contributed by atoms with E-state index in [0.29, 0.717) is 13.0 Å². The highest BCUT2D eigenvalue weighted by atomic mass is 79.9. The molecule has 0 fully saturated rings. The van der Waals surface area contributed by atoms with Crippen molar-refractivity contribution in [2.24, 2.45) is 0 Å². The molecule has 0 atom stereocenters.